The third-order valence-corrected chi connectivity index (χ3v) is 5.06. The fourth-order valence-corrected chi connectivity index (χ4v) is 3.33. The summed E-state index contributed by atoms with van der Waals surface area (Å²) in [5.41, 5.74) is 1.05. The van der Waals surface area contributed by atoms with Crippen molar-refractivity contribution in [2.45, 2.75) is 38.2 Å². The topological polar surface area (TPSA) is 49.8 Å². The number of carbonyl (C=O) groups is 1. The van der Waals surface area contributed by atoms with Crippen molar-refractivity contribution in [1.82, 2.24) is 4.90 Å². The van der Waals surface area contributed by atoms with Gasteiger partial charge in [-0.15, -0.1) is 0 Å². The van der Waals surface area contributed by atoms with Gasteiger partial charge in [0.2, 0.25) is 0 Å². The van der Waals surface area contributed by atoms with Crippen LogP contribution in [0.3, 0.4) is 0 Å². The second-order valence-electron chi connectivity index (χ2n) is 7.02. The third-order valence-electron chi connectivity index (χ3n) is 5.06. The monoisotopic (exact) mass is 353 g/mol. The van der Waals surface area contributed by atoms with Gasteiger partial charge in [0.15, 0.2) is 0 Å². The highest BCUT2D eigenvalue weighted by Crippen LogP contribution is 2.25. The van der Waals surface area contributed by atoms with Gasteiger partial charge in [0.05, 0.1) is 0 Å². The maximum atomic E-state index is 12.8. The van der Waals surface area contributed by atoms with Crippen LogP contribution in [0.4, 0.5) is 0 Å². The van der Waals surface area contributed by atoms with Gasteiger partial charge >= 0.3 is 0 Å². The lowest BCUT2D eigenvalue weighted by Gasteiger charge is -2.27. The molecule has 1 aliphatic rings. The molecule has 0 spiro atoms. The summed E-state index contributed by atoms with van der Waals surface area (Å²) in [4.78, 5) is 14.6. The molecule has 3 rings (SSSR count). The summed E-state index contributed by atoms with van der Waals surface area (Å²) in [6.07, 6.45) is 2.90. The zero-order valence-electron chi connectivity index (χ0n) is 15.4. The number of amides is 1. The summed E-state index contributed by atoms with van der Waals surface area (Å²) >= 11 is 0. The van der Waals surface area contributed by atoms with E-state index in [1.807, 2.05) is 59.5 Å². The number of ether oxygens (including phenoxy) is 1. The van der Waals surface area contributed by atoms with Crippen LogP contribution >= 0.6 is 0 Å². The van der Waals surface area contributed by atoms with Crippen molar-refractivity contribution < 1.29 is 14.6 Å². The van der Waals surface area contributed by atoms with E-state index < -0.39 is 5.60 Å². The predicted octanol–water partition coefficient (Wildman–Crippen LogP) is 3.69. The molecular formula is C22H27NO3. The Morgan fingerprint density at radius 3 is 2.50 bits per heavy atom. The number of benzene rings is 2. The highest BCUT2D eigenvalue weighted by molar-refractivity contribution is 5.94. The molecule has 0 saturated carbocycles. The Bertz CT molecular complexity index is 714. The van der Waals surface area contributed by atoms with Crippen LogP contribution in [0.5, 0.6) is 5.75 Å². The van der Waals surface area contributed by atoms with Crippen molar-refractivity contribution >= 4 is 5.91 Å². The smallest absolute Gasteiger partial charge is 0.253 e. The van der Waals surface area contributed by atoms with E-state index in [0.29, 0.717) is 31.5 Å². The first-order chi connectivity index (χ1) is 12.6. The Morgan fingerprint density at radius 2 is 1.81 bits per heavy atom. The van der Waals surface area contributed by atoms with E-state index in [-0.39, 0.29) is 12.5 Å². The molecule has 138 valence electrons. The Morgan fingerprint density at radius 1 is 1.08 bits per heavy atom. The van der Waals surface area contributed by atoms with Gasteiger partial charge < -0.3 is 14.7 Å². The highest BCUT2D eigenvalue weighted by atomic mass is 16.5. The summed E-state index contributed by atoms with van der Waals surface area (Å²) in [5, 5.41) is 10.9. The predicted molar refractivity (Wildman–Crippen MR) is 102 cm³/mol. The van der Waals surface area contributed by atoms with E-state index in [4.69, 9.17) is 4.74 Å². The van der Waals surface area contributed by atoms with E-state index in [0.717, 1.165) is 18.6 Å². The van der Waals surface area contributed by atoms with Crippen LogP contribution in [0, 0.1) is 0 Å². The minimum absolute atomic E-state index is 0.0425. The number of hydrogen-bond acceptors (Lipinski definition) is 3. The molecule has 1 amide bonds. The molecule has 0 aromatic heterocycles. The zero-order chi connectivity index (χ0) is 18.4. The van der Waals surface area contributed by atoms with Crippen LogP contribution in [-0.2, 0) is 6.42 Å². The van der Waals surface area contributed by atoms with Crippen molar-refractivity contribution in [3.05, 3.63) is 65.7 Å². The molecule has 4 nitrogen and oxygen atoms in total. The lowest BCUT2D eigenvalue weighted by atomic mass is 9.96. The molecule has 1 atom stereocenters. The number of para-hydroxylation sites is 1. The quantitative estimate of drug-likeness (QED) is 0.892. The Hall–Kier alpha value is -2.33. The average molecular weight is 353 g/mol. The largest absolute Gasteiger partial charge is 0.491 e. The summed E-state index contributed by atoms with van der Waals surface area (Å²) in [6.45, 7) is 3.57. The zero-order valence-corrected chi connectivity index (χ0v) is 15.4. The van der Waals surface area contributed by atoms with E-state index in [1.54, 1.807) is 0 Å². The van der Waals surface area contributed by atoms with Gasteiger partial charge in [0.1, 0.15) is 18.0 Å². The molecule has 1 aliphatic heterocycles. The Labute approximate surface area is 155 Å². The van der Waals surface area contributed by atoms with Gasteiger partial charge in [-0.2, -0.15) is 0 Å². The number of likely N-dealkylation sites (tertiary alicyclic amines) is 1. The van der Waals surface area contributed by atoms with Crippen LogP contribution in [0.2, 0.25) is 0 Å². The second kappa shape index (κ2) is 8.37. The number of aliphatic hydroxyl groups is 1. The Kier molecular flexibility index (Phi) is 5.94. The van der Waals surface area contributed by atoms with Crippen molar-refractivity contribution in [2.75, 3.05) is 19.7 Å². The van der Waals surface area contributed by atoms with E-state index in [2.05, 4.69) is 6.92 Å². The molecule has 1 N–H and O–H groups in total. The second-order valence-corrected chi connectivity index (χ2v) is 7.02. The number of aryl methyl sites for hydroxylation is 1. The fourth-order valence-electron chi connectivity index (χ4n) is 3.33. The maximum Gasteiger partial charge on any atom is 0.253 e. The molecule has 1 saturated heterocycles. The van der Waals surface area contributed by atoms with Crippen LogP contribution in [0.25, 0.3) is 0 Å². The third kappa shape index (κ3) is 4.64. The van der Waals surface area contributed by atoms with Crippen molar-refractivity contribution in [3.8, 4) is 5.75 Å². The summed E-state index contributed by atoms with van der Waals surface area (Å²) in [5.74, 6) is 0.801. The van der Waals surface area contributed by atoms with Gasteiger partial charge in [-0.25, -0.2) is 0 Å². The molecule has 1 fully saturated rings. The minimum Gasteiger partial charge on any atom is -0.491 e. The lowest BCUT2D eigenvalue weighted by molar-refractivity contribution is -0.0163. The molecule has 0 bridgehead atoms. The summed E-state index contributed by atoms with van der Waals surface area (Å²) < 4.78 is 5.76. The summed E-state index contributed by atoms with van der Waals surface area (Å²) in [6, 6.07) is 17.3. The standard InChI is InChI=1S/C22H27NO3/c1-2-18-9-11-19(12-10-18)21(24)23-15-6-13-22(25,14-16-23)17-26-20-7-4-3-5-8-20/h3-5,7-12,25H,2,6,13-17H2,1H3. The first kappa shape index (κ1) is 18.5. The van der Waals surface area contributed by atoms with Crippen molar-refractivity contribution in [2.24, 2.45) is 0 Å². The molecule has 0 aliphatic carbocycles. The average Bonchev–Trinajstić information content (AvgIpc) is 2.89. The molecular weight excluding hydrogens is 326 g/mol. The van der Waals surface area contributed by atoms with Gasteiger partial charge in [0, 0.05) is 18.7 Å². The van der Waals surface area contributed by atoms with E-state index >= 15 is 0 Å². The van der Waals surface area contributed by atoms with Gasteiger partial charge in [-0.3, -0.25) is 4.79 Å². The highest BCUT2D eigenvalue weighted by Gasteiger charge is 2.32. The number of nitrogens with zero attached hydrogens (tertiary/aromatic N) is 1. The first-order valence-electron chi connectivity index (χ1n) is 9.38. The molecule has 4 heteroatoms. The molecule has 0 radical (unpaired) electrons. The molecule has 2 aromatic rings. The normalized spacial score (nSPS) is 20.5. The molecule has 1 unspecified atom stereocenters. The maximum absolute atomic E-state index is 12.8. The van der Waals surface area contributed by atoms with Crippen molar-refractivity contribution in [3.63, 3.8) is 0 Å². The molecule has 26 heavy (non-hydrogen) atoms. The van der Waals surface area contributed by atoms with Crippen LogP contribution in [0.1, 0.15) is 42.1 Å². The number of hydrogen-bond donors (Lipinski definition) is 1. The van der Waals surface area contributed by atoms with Gasteiger partial charge in [-0.1, -0.05) is 37.3 Å². The number of rotatable bonds is 5. The molecule has 1 heterocycles. The SMILES string of the molecule is CCc1ccc(C(=O)N2CCCC(O)(COc3ccccc3)CC2)cc1. The fraction of sp³-hybridized carbons (Fsp3) is 0.409. The van der Waals surface area contributed by atoms with Crippen LogP contribution in [0.15, 0.2) is 54.6 Å². The van der Waals surface area contributed by atoms with Gasteiger partial charge in [-0.05, 0) is 55.5 Å². The van der Waals surface area contributed by atoms with Crippen LogP contribution in [-0.4, -0.2) is 41.2 Å². The summed E-state index contributed by atoms with van der Waals surface area (Å²) in [7, 11) is 0. The van der Waals surface area contributed by atoms with E-state index in [9.17, 15) is 9.90 Å². The first-order valence-corrected chi connectivity index (χ1v) is 9.38. The molecule has 2 aromatic carbocycles. The minimum atomic E-state index is -0.892. The number of carbonyl (C=O) groups excluding carboxylic acids is 1. The van der Waals surface area contributed by atoms with Gasteiger partial charge in [0.25, 0.3) is 5.91 Å². The lowest BCUT2D eigenvalue weighted by Crippen LogP contribution is -2.38. The van der Waals surface area contributed by atoms with Crippen LogP contribution < -0.4 is 4.74 Å². The van der Waals surface area contributed by atoms with Crippen molar-refractivity contribution in [1.29, 1.82) is 0 Å². The van der Waals surface area contributed by atoms with E-state index in [1.165, 1.54) is 5.56 Å². The Balaban J connectivity index is 1.58.